The fourth-order valence-electron chi connectivity index (χ4n) is 4.64. The summed E-state index contributed by atoms with van der Waals surface area (Å²) in [5.41, 5.74) is 0.421. The van der Waals surface area contributed by atoms with Gasteiger partial charge in [0.1, 0.15) is 23.7 Å². The van der Waals surface area contributed by atoms with Crippen LogP contribution in [0.2, 0.25) is 5.02 Å². The summed E-state index contributed by atoms with van der Waals surface area (Å²) in [7, 11) is 1.79. The van der Waals surface area contributed by atoms with Crippen molar-refractivity contribution < 1.29 is 23.8 Å². The largest absolute Gasteiger partial charge is 0.490 e. The molecule has 0 N–H and O–H groups in total. The third-order valence-electron chi connectivity index (χ3n) is 6.44. The van der Waals surface area contributed by atoms with Gasteiger partial charge < -0.3 is 24.0 Å². The molecule has 2 saturated heterocycles. The minimum Gasteiger partial charge on any atom is -0.490 e. The van der Waals surface area contributed by atoms with Crippen molar-refractivity contribution in [1.29, 1.82) is 0 Å². The summed E-state index contributed by atoms with van der Waals surface area (Å²) in [6.07, 6.45) is 0.900. The zero-order valence-electron chi connectivity index (χ0n) is 21.2. The first-order valence-corrected chi connectivity index (χ1v) is 12.8. The molecule has 36 heavy (non-hydrogen) atoms. The van der Waals surface area contributed by atoms with E-state index in [-0.39, 0.29) is 31.4 Å². The first-order valence-electron chi connectivity index (χ1n) is 12.4. The number of carbonyl (C=O) groups excluding carboxylic acids is 2. The Morgan fingerprint density at radius 3 is 2.61 bits per heavy atom. The maximum Gasteiger partial charge on any atom is 0.272 e. The van der Waals surface area contributed by atoms with Gasteiger partial charge in [-0.05, 0) is 36.6 Å². The Kier molecular flexibility index (Phi) is 8.54. The third kappa shape index (κ3) is 6.57. The lowest BCUT2D eigenvalue weighted by molar-refractivity contribution is -0.155. The van der Waals surface area contributed by atoms with Crippen LogP contribution in [-0.2, 0) is 27.7 Å². The Labute approximate surface area is 217 Å². The highest BCUT2D eigenvalue weighted by Crippen LogP contribution is 2.27. The van der Waals surface area contributed by atoms with Crippen LogP contribution in [0.4, 0.5) is 0 Å². The molecule has 0 unspecified atom stereocenters. The second kappa shape index (κ2) is 11.6. The van der Waals surface area contributed by atoms with Crippen molar-refractivity contribution in [1.82, 2.24) is 19.6 Å². The molecule has 0 aliphatic carbocycles. The van der Waals surface area contributed by atoms with Crippen LogP contribution in [0.15, 0.2) is 30.3 Å². The fourth-order valence-corrected chi connectivity index (χ4v) is 4.82. The van der Waals surface area contributed by atoms with E-state index in [0.717, 1.165) is 12.1 Å². The molecule has 0 spiro atoms. The molecule has 1 atom stereocenters. The van der Waals surface area contributed by atoms with E-state index in [9.17, 15) is 9.59 Å². The predicted molar refractivity (Wildman–Crippen MR) is 135 cm³/mol. The van der Waals surface area contributed by atoms with E-state index >= 15 is 0 Å². The van der Waals surface area contributed by atoms with E-state index in [1.165, 1.54) is 0 Å². The van der Waals surface area contributed by atoms with Crippen molar-refractivity contribution in [3.05, 3.63) is 46.7 Å². The van der Waals surface area contributed by atoms with Gasteiger partial charge in [-0.15, -0.1) is 0 Å². The van der Waals surface area contributed by atoms with Gasteiger partial charge in [0, 0.05) is 31.7 Å². The van der Waals surface area contributed by atoms with Crippen molar-refractivity contribution in [2.45, 2.75) is 32.3 Å². The highest BCUT2D eigenvalue weighted by Gasteiger charge is 2.43. The Morgan fingerprint density at radius 1 is 1.14 bits per heavy atom. The van der Waals surface area contributed by atoms with Crippen molar-refractivity contribution in [2.24, 2.45) is 13.0 Å². The Hall–Kier alpha value is -2.62. The lowest BCUT2D eigenvalue weighted by Crippen LogP contribution is -2.59. The molecule has 2 fully saturated rings. The minimum absolute atomic E-state index is 0.0398. The van der Waals surface area contributed by atoms with E-state index in [4.69, 9.17) is 25.8 Å². The van der Waals surface area contributed by atoms with Crippen LogP contribution in [0, 0.1) is 5.92 Å². The number of aryl methyl sites for hydroxylation is 1. The van der Waals surface area contributed by atoms with Crippen LogP contribution in [-0.4, -0.2) is 89.6 Å². The molecule has 1 aromatic heterocycles. The van der Waals surface area contributed by atoms with E-state index in [0.29, 0.717) is 61.8 Å². The molecule has 2 aromatic rings. The van der Waals surface area contributed by atoms with Crippen molar-refractivity contribution in [2.75, 3.05) is 52.6 Å². The second-order valence-electron chi connectivity index (χ2n) is 9.92. The number of ether oxygens (including phenoxy) is 3. The summed E-state index contributed by atoms with van der Waals surface area (Å²) in [5.74, 6) is 0.850. The van der Waals surface area contributed by atoms with E-state index in [1.54, 1.807) is 45.8 Å². The summed E-state index contributed by atoms with van der Waals surface area (Å²) < 4.78 is 19.3. The summed E-state index contributed by atoms with van der Waals surface area (Å²) in [6.45, 7) is 7.43. The van der Waals surface area contributed by atoms with Crippen LogP contribution < -0.4 is 4.74 Å². The lowest BCUT2D eigenvalue weighted by atomic mass is 9.96. The highest BCUT2D eigenvalue weighted by molar-refractivity contribution is 6.30. The number of halogens is 1. The average molecular weight is 519 g/mol. The molecular weight excluding hydrogens is 484 g/mol. The minimum atomic E-state index is -0.995. The smallest absolute Gasteiger partial charge is 0.272 e. The van der Waals surface area contributed by atoms with E-state index in [1.807, 2.05) is 6.07 Å². The highest BCUT2D eigenvalue weighted by atomic mass is 35.5. The fraction of sp³-hybridized carbons (Fsp3) is 0.577. The van der Waals surface area contributed by atoms with Gasteiger partial charge in [-0.1, -0.05) is 31.5 Å². The van der Waals surface area contributed by atoms with Gasteiger partial charge in [-0.3, -0.25) is 14.3 Å². The van der Waals surface area contributed by atoms with Gasteiger partial charge in [0.15, 0.2) is 0 Å². The maximum atomic E-state index is 13.6. The number of amides is 2. The quantitative estimate of drug-likeness (QED) is 0.534. The summed E-state index contributed by atoms with van der Waals surface area (Å²) in [5, 5.41) is 5.08. The number of benzene rings is 1. The molecule has 0 radical (unpaired) electrons. The standard InChI is InChI=1S/C26H35ClN4O5/c1-19(2)13-21-15-23(29(3)28-21)25(33)31-9-12-36-26(17-31,16-24(32)30-7-10-34-11-8-30)18-35-22-6-4-5-20(27)14-22/h4-6,14-15,19H,7-13,16-18H2,1-3H3/t26-/m1/s1. The number of hydrogen-bond acceptors (Lipinski definition) is 6. The molecule has 4 rings (SSSR count). The molecule has 2 aliphatic heterocycles. The summed E-state index contributed by atoms with van der Waals surface area (Å²) in [4.78, 5) is 30.3. The number of hydrogen-bond donors (Lipinski definition) is 0. The van der Waals surface area contributed by atoms with Gasteiger partial charge in [0.05, 0.1) is 38.5 Å². The SMILES string of the molecule is CC(C)Cc1cc(C(=O)N2CCO[C@](COc3cccc(Cl)c3)(CC(=O)N3CCOCC3)C2)n(C)n1. The third-order valence-corrected chi connectivity index (χ3v) is 6.67. The molecule has 2 amide bonds. The van der Waals surface area contributed by atoms with Gasteiger partial charge >= 0.3 is 0 Å². The van der Waals surface area contributed by atoms with Gasteiger partial charge in [-0.25, -0.2) is 0 Å². The second-order valence-corrected chi connectivity index (χ2v) is 10.4. The molecule has 196 valence electrons. The van der Waals surface area contributed by atoms with Crippen molar-refractivity contribution in [3.8, 4) is 5.75 Å². The van der Waals surface area contributed by atoms with Crippen LogP contribution in [0.5, 0.6) is 5.75 Å². The molecule has 1 aromatic carbocycles. The van der Waals surface area contributed by atoms with Crippen LogP contribution in [0.25, 0.3) is 0 Å². The van der Waals surface area contributed by atoms with E-state index < -0.39 is 5.60 Å². The molecule has 0 bridgehead atoms. The number of morpholine rings is 2. The molecule has 3 heterocycles. The zero-order chi connectivity index (χ0) is 25.7. The molecular formula is C26H35ClN4O5. The van der Waals surface area contributed by atoms with Crippen molar-refractivity contribution >= 4 is 23.4 Å². The maximum absolute atomic E-state index is 13.6. The van der Waals surface area contributed by atoms with Gasteiger partial charge in [-0.2, -0.15) is 5.10 Å². The van der Waals surface area contributed by atoms with Crippen LogP contribution in [0.3, 0.4) is 0 Å². The summed E-state index contributed by atoms with van der Waals surface area (Å²) in [6, 6.07) is 8.96. The van der Waals surface area contributed by atoms with Gasteiger partial charge in [0.2, 0.25) is 5.91 Å². The number of carbonyl (C=O) groups is 2. The Bertz CT molecular complexity index is 1070. The lowest BCUT2D eigenvalue weighted by Gasteiger charge is -2.43. The van der Waals surface area contributed by atoms with Gasteiger partial charge in [0.25, 0.3) is 5.91 Å². The first-order chi connectivity index (χ1) is 17.2. The zero-order valence-corrected chi connectivity index (χ0v) is 22.0. The molecule has 0 saturated carbocycles. The predicted octanol–water partition coefficient (Wildman–Crippen LogP) is 2.81. The topological polar surface area (TPSA) is 86.1 Å². The molecule has 2 aliphatic rings. The Morgan fingerprint density at radius 2 is 1.89 bits per heavy atom. The number of rotatable bonds is 8. The van der Waals surface area contributed by atoms with Crippen LogP contribution in [0.1, 0.15) is 36.5 Å². The normalized spacial score (nSPS) is 20.6. The molecule has 9 nitrogen and oxygen atoms in total. The molecule has 10 heteroatoms. The van der Waals surface area contributed by atoms with E-state index in [2.05, 4.69) is 18.9 Å². The number of aromatic nitrogens is 2. The van der Waals surface area contributed by atoms with Crippen molar-refractivity contribution in [3.63, 3.8) is 0 Å². The number of nitrogens with zero attached hydrogens (tertiary/aromatic N) is 4. The first kappa shape index (κ1) is 26.4. The Balaban J connectivity index is 1.53. The average Bonchev–Trinajstić information content (AvgIpc) is 3.22. The summed E-state index contributed by atoms with van der Waals surface area (Å²) >= 11 is 6.12. The monoisotopic (exact) mass is 518 g/mol. The van der Waals surface area contributed by atoms with Crippen LogP contribution >= 0.6 is 11.6 Å².